The number of benzene rings is 2. The number of fused-ring (bicyclic) bond motifs is 2. The average molecular weight is 398 g/mol. The lowest BCUT2D eigenvalue weighted by Gasteiger charge is -2.12. The predicted octanol–water partition coefficient (Wildman–Crippen LogP) is 1.15. The van der Waals surface area contributed by atoms with Crippen LogP contribution in [0.4, 0.5) is 0 Å². The number of phenols is 1. The number of aliphatic hydroxyl groups is 2. The molecule has 2 amide bonds. The smallest absolute Gasteiger partial charge is 0.256 e. The standard InChI is InChI=1S/C13H14N2O5.C8H8O/c1-6-11(13(19)15-9(5-16)12(14)18)8-4-7(17)2-3-10(8)20-6;9-5-8-6-3-1-2-4-7(6)8/h2-4,9,16-17H,5H2,1H3,(H2,14,18)(H,15,19);1-4,8-9H,5H2. The van der Waals surface area contributed by atoms with E-state index in [0.717, 1.165) is 0 Å². The van der Waals surface area contributed by atoms with Crippen LogP contribution in [-0.4, -0.2) is 46.4 Å². The van der Waals surface area contributed by atoms with E-state index < -0.39 is 24.5 Å². The van der Waals surface area contributed by atoms with E-state index in [-0.39, 0.29) is 17.9 Å². The molecule has 1 unspecified atom stereocenters. The summed E-state index contributed by atoms with van der Waals surface area (Å²) in [6.45, 7) is 1.27. The van der Waals surface area contributed by atoms with Crippen LogP contribution < -0.4 is 11.1 Å². The van der Waals surface area contributed by atoms with Crippen molar-refractivity contribution >= 4 is 22.8 Å². The van der Waals surface area contributed by atoms with Crippen LogP contribution >= 0.6 is 0 Å². The summed E-state index contributed by atoms with van der Waals surface area (Å²) in [6.07, 6.45) is 0. The Kier molecular flexibility index (Phi) is 5.86. The molecule has 29 heavy (non-hydrogen) atoms. The van der Waals surface area contributed by atoms with Gasteiger partial charge in [-0.05, 0) is 36.2 Å². The molecule has 6 N–H and O–H groups in total. The van der Waals surface area contributed by atoms with Gasteiger partial charge >= 0.3 is 0 Å². The number of aryl methyl sites for hydroxylation is 1. The number of rotatable bonds is 5. The molecule has 2 aromatic carbocycles. The predicted molar refractivity (Wildman–Crippen MR) is 106 cm³/mol. The first-order valence-corrected chi connectivity index (χ1v) is 9.00. The summed E-state index contributed by atoms with van der Waals surface area (Å²) in [7, 11) is 0. The molecular weight excluding hydrogens is 376 g/mol. The lowest BCUT2D eigenvalue weighted by molar-refractivity contribution is -0.120. The van der Waals surface area contributed by atoms with Crippen molar-refractivity contribution in [2.75, 3.05) is 13.2 Å². The number of carbonyl (C=O) groups is 2. The van der Waals surface area contributed by atoms with Crippen molar-refractivity contribution in [2.24, 2.45) is 5.73 Å². The van der Waals surface area contributed by atoms with Gasteiger partial charge in [-0.3, -0.25) is 9.59 Å². The number of nitrogens with two attached hydrogens (primary N) is 1. The maximum absolute atomic E-state index is 12.2. The van der Waals surface area contributed by atoms with Crippen LogP contribution in [0.25, 0.3) is 11.0 Å². The molecule has 1 atom stereocenters. The quantitative estimate of drug-likeness (QED) is 0.436. The highest BCUT2D eigenvalue weighted by Crippen LogP contribution is 2.41. The van der Waals surface area contributed by atoms with E-state index in [2.05, 4.69) is 17.4 Å². The number of furan rings is 1. The lowest BCUT2D eigenvalue weighted by Crippen LogP contribution is -2.46. The average Bonchev–Trinajstić information content (AvgIpc) is 3.32. The summed E-state index contributed by atoms with van der Waals surface area (Å²) in [4.78, 5) is 23.2. The highest BCUT2D eigenvalue weighted by Gasteiger charge is 2.30. The fourth-order valence-electron chi connectivity index (χ4n) is 3.18. The van der Waals surface area contributed by atoms with Gasteiger partial charge in [-0.2, -0.15) is 0 Å². The molecule has 1 heterocycles. The lowest BCUT2D eigenvalue weighted by atomic mass is 10.1. The van der Waals surface area contributed by atoms with Crippen molar-refractivity contribution in [3.8, 4) is 5.75 Å². The van der Waals surface area contributed by atoms with Gasteiger partial charge in [0.1, 0.15) is 23.1 Å². The Morgan fingerprint density at radius 2 is 1.83 bits per heavy atom. The molecule has 0 fully saturated rings. The van der Waals surface area contributed by atoms with Crippen LogP contribution in [0.1, 0.15) is 33.2 Å². The molecule has 0 aliphatic heterocycles. The second-order valence-electron chi connectivity index (χ2n) is 6.69. The summed E-state index contributed by atoms with van der Waals surface area (Å²) in [5.41, 5.74) is 8.31. The number of carbonyl (C=O) groups excluding carboxylic acids is 2. The minimum Gasteiger partial charge on any atom is -0.508 e. The van der Waals surface area contributed by atoms with Crippen LogP contribution in [0.3, 0.4) is 0 Å². The summed E-state index contributed by atoms with van der Waals surface area (Å²) in [6, 6.07) is 11.3. The molecule has 0 radical (unpaired) electrons. The molecule has 8 nitrogen and oxygen atoms in total. The van der Waals surface area contributed by atoms with Crippen LogP contribution in [-0.2, 0) is 4.79 Å². The normalized spacial score (nSPS) is 13.2. The minimum atomic E-state index is -1.18. The molecule has 1 aliphatic carbocycles. The van der Waals surface area contributed by atoms with E-state index in [0.29, 0.717) is 22.6 Å². The van der Waals surface area contributed by atoms with Crippen LogP contribution in [0, 0.1) is 6.92 Å². The second kappa shape index (κ2) is 8.34. The maximum Gasteiger partial charge on any atom is 0.256 e. The van der Waals surface area contributed by atoms with Gasteiger partial charge in [0.05, 0.1) is 18.8 Å². The van der Waals surface area contributed by atoms with Gasteiger partial charge < -0.3 is 30.8 Å². The van der Waals surface area contributed by atoms with Gasteiger partial charge in [0.25, 0.3) is 5.91 Å². The Morgan fingerprint density at radius 1 is 1.17 bits per heavy atom. The van der Waals surface area contributed by atoms with Gasteiger partial charge in [-0.1, -0.05) is 24.3 Å². The SMILES string of the molecule is Cc1oc2ccc(O)cc2c1C(=O)NC(CO)C(N)=O.OCC1c2ccccc21. The first-order chi connectivity index (χ1) is 13.9. The van der Waals surface area contributed by atoms with Gasteiger partial charge in [-0.25, -0.2) is 0 Å². The molecule has 152 valence electrons. The van der Waals surface area contributed by atoms with E-state index in [9.17, 15) is 14.7 Å². The molecule has 1 aliphatic rings. The number of primary amides is 1. The Morgan fingerprint density at radius 3 is 2.38 bits per heavy atom. The number of hydrogen-bond acceptors (Lipinski definition) is 6. The first kappa shape index (κ1) is 20.4. The highest BCUT2D eigenvalue weighted by atomic mass is 16.3. The Bertz CT molecular complexity index is 1040. The minimum absolute atomic E-state index is 0.0130. The van der Waals surface area contributed by atoms with Gasteiger partial charge in [0.15, 0.2) is 0 Å². The third-order valence-corrected chi connectivity index (χ3v) is 4.75. The second-order valence-corrected chi connectivity index (χ2v) is 6.69. The summed E-state index contributed by atoms with van der Waals surface area (Å²) < 4.78 is 5.40. The fraction of sp³-hybridized carbons (Fsp3) is 0.238. The molecule has 0 spiro atoms. The number of aliphatic hydroxyl groups excluding tert-OH is 2. The van der Waals surface area contributed by atoms with E-state index in [1.165, 1.54) is 29.3 Å². The molecule has 0 saturated heterocycles. The van der Waals surface area contributed by atoms with Crippen LogP contribution in [0.5, 0.6) is 5.75 Å². The first-order valence-electron chi connectivity index (χ1n) is 9.00. The monoisotopic (exact) mass is 398 g/mol. The van der Waals surface area contributed by atoms with Crippen molar-refractivity contribution < 1.29 is 29.3 Å². The van der Waals surface area contributed by atoms with Crippen LogP contribution in [0.15, 0.2) is 46.9 Å². The number of amides is 2. The molecule has 3 aromatic rings. The maximum atomic E-state index is 12.2. The third-order valence-electron chi connectivity index (χ3n) is 4.75. The number of hydrogen-bond donors (Lipinski definition) is 5. The molecule has 1 aromatic heterocycles. The molecular formula is C21H22N2O6. The van der Waals surface area contributed by atoms with E-state index in [1.807, 2.05) is 12.1 Å². The summed E-state index contributed by atoms with van der Waals surface area (Å²) >= 11 is 0. The van der Waals surface area contributed by atoms with E-state index in [4.69, 9.17) is 20.4 Å². The zero-order valence-corrected chi connectivity index (χ0v) is 15.8. The zero-order valence-electron chi connectivity index (χ0n) is 15.8. The molecule has 0 saturated carbocycles. The largest absolute Gasteiger partial charge is 0.508 e. The van der Waals surface area contributed by atoms with Crippen molar-refractivity contribution in [1.29, 1.82) is 0 Å². The highest BCUT2D eigenvalue weighted by molar-refractivity contribution is 6.08. The van der Waals surface area contributed by atoms with Crippen molar-refractivity contribution in [3.63, 3.8) is 0 Å². The number of nitrogens with one attached hydrogen (secondary N) is 1. The topological polar surface area (TPSA) is 146 Å². The van der Waals surface area contributed by atoms with Gasteiger partial charge in [-0.15, -0.1) is 0 Å². The molecule has 0 bridgehead atoms. The Hall–Kier alpha value is -3.36. The number of phenolic OH excluding ortho intramolecular Hbond substituents is 1. The summed E-state index contributed by atoms with van der Waals surface area (Å²) in [5, 5.41) is 29.9. The molecule has 8 heteroatoms. The fourth-order valence-corrected chi connectivity index (χ4v) is 3.18. The van der Waals surface area contributed by atoms with Crippen molar-refractivity contribution in [3.05, 3.63) is 64.9 Å². The molecule has 4 rings (SSSR count). The van der Waals surface area contributed by atoms with Crippen molar-refractivity contribution in [2.45, 2.75) is 18.9 Å². The Labute approximate surface area is 166 Å². The van der Waals surface area contributed by atoms with Gasteiger partial charge in [0.2, 0.25) is 5.91 Å². The zero-order chi connectivity index (χ0) is 21.1. The third kappa shape index (κ3) is 4.23. The van der Waals surface area contributed by atoms with Crippen molar-refractivity contribution in [1.82, 2.24) is 5.32 Å². The van der Waals surface area contributed by atoms with E-state index in [1.54, 1.807) is 6.92 Å². The number of aromatic hydroxyl groups is 1. The van der Waals surface area contributed by atoms with Gasteiger partial charge in [0, 0.05) is 11.3 Å². The van der Waals surface area contributed by atoms with Crippen LogP contribution in [0.2, 0.25) is 0 Å². The Balaban J connectivity index is 0.000000220. The summed E-state index contributed by atoms with van der Waals surface area (Å²) in [5.74, 6) is -0.746. The van der Waals surface area contributed by atoms with E-state index >= 15 is 0 Å².